The maximum atomic E-state index is 12.0. The van der Waals surface area contributed by atoms with E-state index in [0.29, 0.717) is 29.6 Å². The summed E-state index contributed by atoms with van der Waals surface area (Å²) in [6, 6.07) is 6.90. The number of amides is 1. The Labute approximate surface area is 131 Å². The van der Waals surface area contributed by atoms with Crippen LogP contribution in [0.1, 0.15) is 30.1 Å². The van der Waals surface area contributed by atoms with Crippen molar-refractivity contribution in [2.24, 2.45) is 0 Å². The quantitative estimate of drug-likeness (QED) is 0.569. The highest BCUT2D eigenvalue weighted by atomic mass is 32.1. The van der Waals surface area contributed by atoms with Crippen LogP contribution in [0.2, 0.25) is 0 Å². The molecule has 2 N–H and O–H groups in total. The lowest BCUT2D eigenvalue weighted by atomic mass is 10.2. The SMILES string of the molecule is CCCCNC(=S)NC(=O)c1ccc(OCCOC)cc1. The third kappa shape index (κ3) is 7.06. The van der Waals surface area contributed by atoms with Crippen molar-refractivity contribution in [3.8, 4) is 5.75 Å². The minimum atomic E-state index is -0.229. The normalized spacial score (nSPS) is 10.0. The fourth-order valence-corrected chi connectivity index (χ4v) is 1.74. The van der Waals surface area contributed by atoms with Gasteiger partial charge in [-0.1, -0.05) is 13.3 Å². The molecule has 5 nitrogen and oxygen atoms in total. The number of nitrogens with one attached hydrogen (secondary N) is 2. The summed E-state index contributed by atoms with van der Waals surface area (Å²) < 4.78 is 10.3. The van der Waals surface area contributed by atoms with Gasteiger partial charge in [0.2, 0.25) is 0 Å². The van der Waals surface area contributed by atoms with Crippen LogP contribution in [-0.2, 0) is 4.74 Å². The zero-order chi connectivity index (χ0) is 15.5. The van der Waals surface area contributed by atoms with Crippen LogP contribution in [0, 0.1) is 0 Å². The monoisotopic (exact) mass is 310 g/mol. The highest BCUT2D eigenvalue weighted by Crippen LogP contribution is 2.12. The number of hydrogen-bond acceptors (Lipinski definition) is 4. The van der Waals surface area contributed by atoms with Crippen molar-refractivity contribution in [3.63, 3.8) is 0 Å². The van der Waals surface area contributed by atoms with Crippen LogP contribution in [0.3, 0.4) is 0 Å². The van der Waals surface area contributed by atoms with E-state index in [-0.39, 0.29) is 5.91 Å². The zero-order valence-electron chi connectivity index (χ0n) is 12.5. The Bertz CT molecular complexity index is 449. The third-order valence-electron chi connectivity index (χ3n) is 2.72. The lowest BCUT2D eigenvalue weighted by Crippen LogP contribution is -2.39. The highest BCUT2D eigenvalue weighted by Gasteiger charge is 2.07. The predicted molar refractivity (Wildman–Crippen MR) is 86.8 cm³/mol. The molecular weight excluding hydrogens is 288 g/mol. The van der Waals surface area contributed by atoms with E-state index in [1.54, 1.807) is 31.4 Å². The van der Waals surface area contributed by atoms with Gasteiger partial charge in [-0.15, -0.1) is 0 Å². The first kappa shape index (κ1) is 17.4. The maximum absolute atomic E-state index is 12.0. The summed E-state index contributed by atoms with van der Waals surface area (Å²) in [7, 11) is 1.62. The van der Waals surface area contributed by atoms with Crippen LogP contribution in [-0.4, -0.2) is 37.9 Å². The van der Waals surface area contributed by atoms with E-state index in [0.717, 1.165) is 19.4 Å². The Kier molecular flexibility index (Phi) is 8.38. The standard InChI is InChI=1S/C15H22N2O3S/c1-3-4-9-16-15(21)17-14(18)12-5-7-13(8-6-12)20-11-10-19-2/h5-8H,3-4,9-11H2,1-2H3,(H2,16,17,18,21). The second-order valence-electron chi connectivity index (χ2n) is 4.43. The first-order valence-corrected chi connectivity index (χ1v) is 7.39. The molecule has 0 saturated heterocycles. The maximum Gasteiger partial charge on any atom is 0.257 e. The van der Waals surface area contributed by atoms with Gasteiger partial charge in [0, 0.05) is 19.2 Å². The molecule has 0 unspecified atom stereocenters. The van der Waals surface area contributed by atoms with Gasteiger partial charge >= 0.3 is 0 Å². The molecule has 0 heterocycles. The minimum Gasteiger partial charge on any atom is -0.491 e. The predicted octanol–water partition coefficient (Wildman–Crippen LogP) is 2.12. The van der Waals surface area contributed by atoms with E-state index in [1.807, 2.05) is 0 Å². The second kappa shape index (κ2) is 10.1. The number of rotatable bonds is 8. The van der Waals surface area contributed by atoms with E-state index >= 15 is 0 Å². The molecule has 0 radical (unpaired) electrons. The molecular formula is C15H22N2O3S. The van der Waals surface area contributed by atoms with Crippen molar-refractivity contribution in [3.05, 3.63) is 29.8 Å². The molecule has 0 spiro atoms. The topological polar surface area (TPSA) is 59.6 Å². The zero-order valence-corrected chi connectivity index (χ0v) is 13.3. The Hall–Kier alpha value is -1.66. The van der Waals surface area contributed by atoms with Crippen molar-refractivity contribution < 1.29 is 14.3 Å². The number of thiocarbonyl (C=S) groups is 1. The Morgan fingerprint density at radius 2 is 1.95 bits per heavy atom. The molecule has 0 aliphatic carbocycles. The molecule has 0 fully saturated rings. The van der Waals surface area contributed by atoms with Crippen molar-refractivity contribution in [2.45, 2.75) is 19.8 Å². The van der Waals surface area contributed by atoms with E-state index in [1.165, 1.54) is 0 Å². The Balaban J connectivity index is 2.41. The molecule has 0 atom stereocenters. The lowest BCUT2D eigenvalue weighted by molar-refractivity contribution is 0.0976. The number of methoxy groups -OCH3 is 1. The van der Waals surface area contributed by atoms with E-state index in [2.05, 4.69) is 17.6 Å². The van der Waals surface area contributed by atoms with Gasteiger partial charge in [-0.25, -0.2) is 0 Å². The van der Waals surface area contributed by atoms with Crippen LogP contribution in [0.15, 0.2) is 24.3 Å². The molecule has 0 bridgehead atoms. The van der Waals surface area contributed by atoms with Gasteiger partial charge < -0.3 is 14.8 Å². The lowest BCUT2D eigenvalue weighted by Gasteiger charge is -2.09. The number of carbonyl (C=O) groups is 1. The van der Waals surface area contributed by atoms with E-state index < -0.39 is 0 Å². The molecule has 116 valence electrons. The van der Waals surface area contributed by atoms with Crippen molar-refractivity contribution in [2.75, 3.05) is 26.9 Å². The van der Waals surface area contributed by atoms with Crippen LogP contribution in [0.4, 0.5) is 0 Å². The molecule has 1 rings (SSSR count). The molecule has 0 aliphatic heterocycles. The minimum absolute atomic E-state index is 0.229. The van der Waals surface area contributed by atoms with E-state index in [9.17, 15) is 4.79 Å². The molecule has 0 aromatic heterocycles. The fourth-order valence-electron chi connectivity index (χ4n) is 1.54. The average Bonchev–Trinajstić information content (AvgIpc) is 2.48. The molecule has 0 aliphatic rings. The Morgan fingerprint density at radius 1 is 1.24 bits per heavy atom. The number of ether oxygens (including phenoxy) is 2. The largest absolute Gasteiger partial charge is 0.491 e. The van der Waals surface area contributed by atoms with Gasteiger partial charge in [-0.2, -0.15) is 0 Å². The van der Waals surface area contributed by atoms with E-state index in [4.69, 9.17) is 21.7 Å². The Morgan fingerprint density at radius 3 is 2.57 bits per heavy atom. The van der Waals surface area contributed by atoms with Crippen LogP contribution < -0.4 is 15.4 Å². The first-order chi connectivity index (χ1) is 10.2. The van der Waals surface area contributed by atoms with Crippen LogP contribution >= 0.6 is 12.2 Å². The van der Waals surface area contributed by atoms with Gasteiger partial charge in [0.15, 0.2) is 5.11 Å². The van der Waals surface area contributed by atoms with Crippen molar-refractivity contribution >= 4 is 23.2 Å². The molecule has 1 amide bonds. The first-order valence-electron chi connectivity index (χ1n) is 6.98. The van der Waals surface area contributed by atoms with Gasteiger partial charge in [0.1, 0.15) is 12.4 Å². The summed E-state index contributed by atoms with van der Waals surface area (Å²) in [6.07, 6.45) is 2.09. The summed E-state index contributed by atoms with van der Waals surface area (Å²) >= 11 is 5.06. The molecule has 6 heteroatoms. The van der Waals surface area contributed by atoms with Crippen molar-refractivity contribution in [1.82, 2.24) is 10.6 Å². The molecule has 0 saturated carbocycles. The number of carbonyl (C=O) groups excluding carboxylic acids is 1. The summed E-state index contributed by atoms with van der Waals surface area (Å²) in [5, 5.41) is 5.99. The second-order valence-corrected chi connectivity index (χ2v) is 4.84. The van der Waals surface area contributed by atoms with Gasteiger partial charge in [0.25, 0.3) is 5.91 Å². The number of benzene rings is 1. The molecule has 1 aromatic rings. The third-order valence-corrected chi connectivity index (χ3v) is 2.96. The summed E-state index contributed by atoms with van der Waals surface area (Å²) in [4.78, 5) is 12.0. The summed E-state index contributed by atoms with van der Waals surface area (Å²) in [5.41, 5.74) is 0.536. The average molecular weight is 310 g/mol. The molecule has 1 aromatic carbocycles. The fraction of sp³-hybridized carbons (Fsp3) is 0.467. The molecule has 21 heavy (non-hydrogen) atoms. The number of unbranched alkanes of at least 4 members (excludes halogenated alkanes) is 1. The van der Waals surface area contributed by atoms with Gasteiger partial charge in [-0.3, -0.25) is 10.1 Å². The summed E-state index contributed by atoms with van der Waals surface area (Å²) in [5.74, 6) is 0.472. The smallest absolute Gasteiger partial charge is 0.257 e. The highest BCUT2D eigenvalue weighted by molar-refractivity contribution is 7.80. The van der Waals surface area contributed by atoms with Crippen LogP contribution in [0.25, 0.3) is 0 Å². The summed E-state index contributed by atoms with van der Waals surface area (Å²) in [6.45, 7) is 3.87. The van der Waals surface area contributed by atoms with Crippen LogP contribution in [0.5, 0.6) is 5.75 Å². The van der Waals surface area contributed by atoms with Gasteiger partial charge in [0.05, 0.1) is 6.61 Å². The number of hydrogen-bond donors (Lipinski definition) is 2. The van der Waals surface area contributed by atoms with Crippen molar-refractivity contribution in [1.29, 1.82) is 0 Å². The van der Waals surface area contributed by atoms with Gasteiger partial charge in [-0.05, 0) is 42.9 Å².